The summed E-state index contributed by atoms with van der Waals surface area (Å²) in [6, 6.07) is 12.3. The third kappa shape index (κ3) is 5.62. The first-order valence-corrected chi connectivity index (χ1v) is 8.32. The molecule has 2 rings (SSSR count). The van der Waals surface area contributed by atoms with Gasteiger partial charge in [0.15, 0.2) is 6.10 Å². The van der Waals surface area contributed by atoms with Gasteiger partial charge in [-0.2, -0.15) is 0 Å². The third-order valence-corrected chi connectivity index (χ3v) is 4.16. The normalized spacial score (nSPS) is 12.0. The molecule has 0 aliphatic carbocycles. The summed E-state index contributed by atoms with van der Waals surface area (Å²) in [5.74, 6) is -1.02. The van der Waals surface area contributed by atoms with Crippen LogP contribution in [0.25, 0.3) is 6.08 Å². The molecular formula is C19H17Cl2NO3. The van der Waals surface area contributed by atoms with E-state index in [9.17, 15) is 9.59 Å². The minimum atomic E-state index is -0.925. The highest BCUT2D eigenvalue weighted by Gasteiger charge is 2.17. The van der Waals surface area contributed by atoms with Crippen LogP contribution in [0.3, 0.4) is 0 Å². The van der Waals surface area contributed by atoms with Crippen molar-refractivity contribution in [3.05, 3.63) is 69.7 Å². The second-order valence-electron chi connectivity index (χ2n) is 5.39. The van der Waals surface area contributed by atoms with E-state index in [-0.39, 0.29) is 0 Å². The molecule has 2 aromatic carbocycles. The number of hydrogen-bond acceptors (Lipinski definition) is 3. The van der Waals surface area contributed by atoms with Crippen LogP contribution in [0, 0.1) is 6.92 Å². The molecule has 0 saturated heterocycles. The van der Waals surface area contributed by atoms with Crippen LogP contribution in [0.15, 0.2) is 48.5 Å². The second-order valence-corrected chi connectivity index (χ2v) is 6.20. The maximum absolute atomic E-state index is 12.1. The van der Waals surface area contributed by atoms with E-state index in [0.717, 1.165) is 5.56 Å². The number of para-hydroxylation sites is 1. The number of rotatable bonds is 5. The van der Waals surface area contributed by atoms with Gasteiger partial charge in [0.1, 0.15) is 0 Å². The van der Waals surface area contributed by atoms with Crippen molar-refractivity contribution in [1.29, 1.82) is 0 Å². The summed E-state index contributed by atoms with van der Waals surface area (Å²) < 4.78 is 5.10. The molecule has 130 valence electrons. The fraction of sp³-hybridized carbons (Fsp3) is 0.158. The first kappa shape index (κ1) is 19.0. The summed E-state index contributed by atoms with van der Waals surface area (Å²) in [4.78, 5) is 24.0. The number of amides is 1. The van der Waals surface area contributed by atoms with Crippen LogP contribution in [0.4, 0.5) is 5.69 Å². The van der Waals surface area contributed by atoms with E-state index in [1.165, 1.54) is 19.1 Å². The number of nitrogens with one attached hydrogen (secondary N) is 1. The van der Waals surface area contributed by atoms with Gasteiger partial charge in [0.05, 0.1) is 10.0 Å². The van der Waals surface area contributed by atoms with Crippen LogP contribution >= 0.6 is 23.2 Å². The van der Waals surface area contributed by atoms with Gasteiger partial charge in [0.25, 0.3) is 5.91 Å². The Morgan fingerprint density at radius 1 is 1.12 bits per heavy atom. The summed E-state index contributed by atoms with van der Waals surface area (Å²) in [7, 11) is 0. The number of aryl methyl sites for hydroxylation is 1. The molecule has 0 bridgehead atoms. The summed E-state index contributed by atoms with van der Waals surface area (Å²) in [5.41, 5.74) is 2.30. The van der Waals surface area contributed by atoms with E-state index < -0.39 is 18.0 Å². The van der Waals surface area contributed by atoms with Crippen molar-refractivity contribution in [2.45, 2.75) is 20.0 Å². The van der Waals surface area contributed by atoms with E-state index in [4.69, 9.17) is 27.9 Å². The fourth-order valence-corrected chi connectivity index (χ4v) is 2.30. The van der Waals surface area contributed by atoms with Gasteiger partial charge < -0.3 is 10.1 Å². The molecule has 2 aromatic rings. The zero-order chi connectivity index (χ0) is 18.4. The van der Waals surface area contributed by atoms with Gasteiger partial charge in [-0.3, -0.25) is 4.79 Å². The van der Waals surface area contributed by atoms with E-state index in [0.29, 0.717) is 21.3 Å². The Hall–Kier alpha value is -2.30. The Labute approximate surface area is 156 Å². The third-order valence-electron chi connectivity index (χ3n) is 3.42. The Kier molecular flexibility index (Phi) is 6.62. The maximum Gasteiger partial charge on any atom is 0.331 e. The summed E-state index contributed by atoms with van der Waals surface area (Å²) in [5, 5.41) is 3.56. The molecular weight excluding hydrogens is 361 g/mol. The monoisotopic (exact) mass is 377 g/mol. The van der Waals surface area contributed by atoms with Crippen molar-refractivity contribution in [3.8, 4) is 0 Å². The molecule has 0 saturated carbocycles. The Bertz CT molecular complexity index is 818. The Morgan fingerprint density at radius 2 is 1.84 bits per heavy atom. The summed E-state index contributed by atoms with van der Waals surface area (Å²) in [6.45, 7) is 3.39. The standard InChI is InChI=1S/C19H17Cl2NO3/c1-12-5-3-4-6-17(12)22-19(24)13(2)25-18(23)10-8-14-7-9-15(20)16(21)11-14/h3-11,13H,1-2H3,(H,22,24)/b10-8+/t13-/m0/s1. The average molecular weight is 378 g/mol. The number of carbonyl (C=O) groups excluding carboxylic acids is 2. The molecule has 0 fully saturated rings. The van der Waals surface area contributed by atoms with Gasteiger partial charge in [-0.1, -0.05) is 47.5 Å². The van der Waals surface area contributed by atoms with Crippen LogP contribution in [0.2, 0.25) is 10.0 Å². The van der Waals surface area contributed by atoms with Gasteiger partial charge in [0, 0.05) is 11.8 Å². The Morgan fingerprint density at radius 3 is 2.52 bits per heavy atom. The lowest BCUT2D eigenvalue weighted by molar-refractivity contribution is -0.148. The van der Waals surface area contributed by atoms with Crippen LogP contribution in [0.5, 0.6) is 0 Å². The molecule has 6 heteroatoms. The largest absolute Gasteiger partial charge is 0.449 e. The summed E-state index contributed by atoms with van der Waals surface area (Å²) >= 11 is 11.7. The zero-order valence-electron chi connectivity index (χ0n) is 13.8. The fourth-order valence-electron chi connectivity index (χ4n) is 1.99. The lowest BCUT2D eigenvalue weighted by atomic mass is 10.2. The predicted octanol–water partition coefficient (Wildman–Crippen LogP) is 4.89. The minimum Gasteiger partial charge on any atom is -0.449 e. The van der Waals surface area contributed by atoms with E-state index in [1.54, 1.807) is 24.3 Å². The van der Waals surface area contributed by atoms with Gasteiger partial charge in [0.2, 0.25) is 0 Å². The molecule has 0 aliphatic heterocycles. The van der Waals surface area contributed by atoms with Crippen LogP contribution in [0.1, 0.15) is 18.1 Å². The molecule has 1 amide bonds. The molecule has 1 N–H and O–H groups in total. The predicted molar refractivity (Wildman–Crippen MR) is 101 cm³/mol. The number of hydrogen-bond donors (Lipinski definition) is 1. The SMILES string of the molecule is Cc1ccccc1NC(=O)[C@H](C)OC(=O)/C=C/c1ccc(Cl)c(Cl)c1. The van der Waals surface area contributed by atoms with Crippen molar-refractivity contribution in [1.82, 2.24) is 0 Å². The quantitative estimate of drug-likeness (QED) is 0.596. The molecule has 0 aliphatic rings. The van der Waals surface area contributed by atoms with Gasteiger partial charge in [-0.05, 0) is 49.2 Å². The maximum atomic E-state index is 12.1. The van der Waals surface area contributed by atoms with Gasteiger partial charge in [-0.15, -0.1) is 0 Å². The molecule has 0 aromatic heterocycles. The van der Waals surface area contributed by atoms with Crippen molar-refractivity contribution in [2.24, 2.45) is 0 Å². The van der Waals surface area contributed by atoms with E-state index in [1.807, 2.05) is 25.1 Å². The van der Waals surface area contributed by atoms with Crippen molar-refractivity contribution in [2.75, 3.05) is 5.32 Å². The van der Waals surface area contributed by atoms with Crippen LogP contribution < -0.4 is 5.32 Å². The van der Waals surface area contributed by atoms with Crippen LogP contribution in [-0.2, 0) is 14.3 Å². The highest BCUT2D eigenvalue weighted by molar-refractivity contribution is 6.42. The van der Waals surface area contributed by atoms with Crippen molar-refractivity contribution < 1.29 is 14.3 Å². The van der Waals surface area contributed by atoms with Gasteiger partial charge >= 0.3 is 5.97 Å². The van der Waals surface area contributed by atoms with E-state index >= 15 is 0 Å². The first-order chi connectivity index (χ1) is 11.9. The van der Waals surface area contributed by atoms with Crippen molar-refractivity contribution >= 4 is 46.8 Å². The smallest absolute Gasteiger partial charge is 0.331 e. The molecule has 25 heavy (non-hydrogen) atoms. The topological polar surface area (TPSA) is 55.4 Å². The molecule has 0 radical (unpaired) electrons. The highest BCUT2D eigenvalue weighted by Crippen LogP contribution is 2.23. The number of anilines is 1. The zero-order valence-corrected chi connectivity index (χ0v) is 15.3. The number of ether oxygens (including phenoxy) is 1. The molecule has 1 atom stereocenters. The molecule has 0 unspecified atom stereocenters. The number of halogens is 2. The highest BCUT2D eigenvalue weighted by atomic mass is 35.5. The number of esters is 1. The first-order valence-electron chi connectivity index (χ1n) is 7.57. The number of benzene rings is 2. The second kappa shape index (κ2) is 8.70. The summed E-state index contributed by atoms with van der Waals surface area (Å²) in [6.07, 6.45) is 1.85. The lowest BCUT2D eigenvalue weighted by Crippen LogP contribution is -2.29. The van der Waals surface area contributed by atoms with Crippen molar-refractivity contribution in [3.63, 3.8) is 0 Å². The molecule has 0 spiro atoms. The minimum absolute atomic E-state index is 0.392. The van der Waals surface area contributed by atoms with Gasteiger partial charge in [-0.25, -0.2) is 4.79 Å². The van der Waals surface area contributed by atoms with E-state index in [2.05, 4.69) is 5.32 Å². The average Bonchev–Trinajstić information content (AvgIpc) is 2.58. The molecule has 4 nitrogen and oxygen atoms in total. The Balaban J connectivity index is 1.92. The number of carbonyl (C=O) groups is 2. The van der Waals surface area contributed by atoms with Crippen LogP contribution in [-0.4, -0.2) is 18.0 Å². The molecule has 0 heterocycles. The lowest BCUT2D eigenvalue weighted by Gasteiger charge is -2.13.